The highest BCUT2D eigenvalue weighted by atomic mass is 32.1. The highest BCUT2D eigenvalue weighted by molar-refractivity contribution is 7.11. The van der Waals surface area contributed by atoms with Gasteiger partial charge in [0, 0.05) is 22.8 Å². The zero-order chi connectivity index (χ0) is 19.9. The molecule has 3 aromatic rings. The van der Waals surface area contributed by atoms with E-state index in [9.17, 15) is 5.26 Å². The number of anilines is 1. The maximum absolute atomic E-state index is 9.54. The minimum absolute atomic E-state index is 0.483. The first-order valence-corrected chi connectivity index (χ1v) is 9.70. The molecule has 0 saturated heterocycles. The fourth-order valence-electron chi connectivity index (χ4n) is 2.66. The lowest BCUT2D eigenvalue weighted by Gasteiger charge is -2.08. The number of benzene rings is 2. The van der Waals surface area contributed by atoms with Gasteiger partial charge in [-0.2, -0.15) is 5.26 Å². The summed E-state index contributed by atoms with van der Waals surface area (Å²) >= 11 is 1.43. The van der Waals surface area contributed by atoms with E-state index in [1.165, 1.54) is 16.9 Å². The van der Waals surface area contributed by atoms with Gasteiger partial charge in [-0.1, -0.05) is 19.1 Å². The Bertz CT molecular complexity index is 1020. The van der Waals surface area contributed by atoms with Crippen LogP contribution in [0.15, 0.2) is 54.0 Å². The molecule has 0 bridgehead atoms. The van der Waals surface area contributed by atoms with Crippen LogP contribution in [0.2, 0.25) is 0 Å². The van der Waals surface area contributed by atoms with Crippen LogP contribution in [0.25, 0.3) is 16.8 Å². The predicted octanol–water partition coefficient (Wildman–Crippen LogP) is 5.37. The van der Waals surface area contributed by atoms with Gasteiger partial charge in [0.15, 0.2) is 11.5 Å². The second kappa shape index (κ2) is 9.07. The molecule has 0 saturated carbocycles. The van der Waals surface area contributed by atoms with E-state index < -0.39 is 0 Å². The number of thiazole rings is 1. The van der Waals surface area contributed by atoms with E-state index in [4.69, 9.17) is 9.47 Å². The number of hydrogen-bond donors (Lipinski definition) is 1. The molecule has 1 heterocycles. The number of nitrogens with one attached hydrogen (secondary N) is 1. The molecule has 5 nitrogen and oxygen atoms in total. The number of aromatic nitrogens is 1. The third-order valence-electron chi connectivity index (χ3n) is 4.28. The number of ether oxygens (including phenoxy) is 2. The number of hydrogen-bond acceptors (Lipinski definition) is 6. The summed E-state index contributed by atoms with van der Waals surface area (Å²) in [4.78, 5) is 4.61. The van der Waals surface area contributed by atoms with Gasteiger partial charge in [-0.15, -0.1) is 11.3 Å². The zero-order valence-electron chi connectivity index (χ0n) is 16.0. The molecular formula is C22H21N3O2S. The largest absolute Gasteiger partial charge is 0.493 e. The molecule has 1 N–H and O–H groups in total. The number of rotatable bonds is 7. The lowest BCUT2D eigenvalue weighted by Crippen LogP contribution is -1.92. The van der Waals surface area contributed by atoms with Gasteiger partial charge in [-0.25, -0.2) is 4.98 Å². The van der Waals surface area contributed by atoms with E-state index in [-0.39, 0.29) is 0 Å². The normalized spacial score (nSPS) is 11.0. The lowest BCUT2D eigenvalue weighted by molar-refractivity contribution is 0.355. The summed E-state index contributed by atoms with van der Waals surface area (Å²) in [6, 6.07) is 16.0. The van der Waals surface area contributed by atoms with Crippen molar-refractivity contribution in [2.24, 2.45) is 0 Å². The van der Waals surface area contributed by atoms with Gasteiger partial charge < -0.3 is 14.8 Å². The second-order valence-corrected chi connectivity index (χ2v) is 6.83. The van der Waals surface area contributed by atoms with Gasteiger partial charge in [0.05, 0.1) is 19.9 Å². The molecule has 0 amide bonds. The highest BCUT2D eigenvalue weighted by Crippen LogP contribution is 2.33. The van der Waals surface area contributed by atoms with Gasteiger partial charge in [-0.05, 0) is 42.3 Å². The summed E-state index contributed by atoms with van der Waals surface area (Å²) in [7, 11) is 3.20. The maximum Gasteiger partial charge on any atom is 0.161 e. The summed E-state index contributed by atoms with van der Waals surface area (Å²) in [5.41, 5.74) is 4.38. The second-order valence-electron chi connectivity index (χ2n) is 5.97. The number of aryl methyl sites for hydroxylation is 1. The average molecular weight is 391 g/mol. The predicted molar refractivity (Wildman–Crippen MR) is 114 cm³/mol. The Kier molecular flexibility index (Phi) is 6.30. The fourth-order valence-corrected chi connectivity index (χ4v) is 3.45. The van der Waals surface area contributed by atoms with E-state index in [2.05, 4.69) is 35.4 Å². The van der Waals surface area contributed by atoms with Gasteiger partial charge in [0.1, 0.15) is 16.6 Å². The van der Waals surface area contributed by atoms with Crippen LogP contribution in [-0.2, 0) is 6.42 Å². The Labute approximate surface area is 168 Å². The maximum atomic E-state index is 9.54. The van der Waals surface area contributed by atoms with Crippen LogP contribution in [0.5, 0.6) is 11.5 Å². The Hall–Kier alpha value is -3.30. The molecule has 0 aliphatic heterocycles. The van der Waals surface area contributed by atoms with Crippen LogP contribution in [0.3, 0.4) is 0 Å². The van der Waals surface area contributed by atoms with Gasteiger partial charge in [0.2, 0.25) is 0 Å². The Morgan fingerprint density at radius 3 is 2.54 bits per heavy atom. The molecule has 28 heavy (non-hydrogen) atoms. The molecule has 142 valence electrons. The number of methoxy groups -OCH3 is 2. The third kappa shape index (κ3) is 4.33. The zero-order valence-corrected chi connectivity index (χ0v) is 16.8. The first-order valence-electron chi connectivity index (χ1n) is 8.82. The van der Waals surface area contributed by atoms with Crippen LogP contribution >= 0.6 is 11.3 Å². The fraction of sp³-hybridized carbons (Fsp3) is 0.182. The molecule has 0 radical (unpaired) electrons. The van der Waals surface area contributed by atoms with E-state index in [0.717, 1.165) is 23.4 Å². The molecular weight excluding hydrogens is 370 g/mol. The average Bonchev–Trinajstić information content (AvgIpc) is 3.24. The molecule has 6 heteroatoms. The Morgan fingerprint density at radius 1 is 1.14 bits per heavy atom. The summed E-state index contributed by atoms with van der Waals surface area (Å²) < 4.78 is 10.6. The van der Waals surface area contributed by atoms with Gasteiger partial charge in [-0.3, -0.25) is 0 Å². The first-order chi connectivity index (χ1) is 13.7. The molecule has 0 fully saturated rings. The number of nitriles is 1. The molecule has 0 spiro atoms. The monoisotopic (exact) mass is 391 g/mol. The van der Waals surface area contributed by atoms with Crippen molar-refractivity contribution in [2.45, 2.75) is 13.3 Å². The van der Waals surface area contributed by atoms with E-state index in [0.29, 0.717) is 22.1 Å². The third-order valence-corrected chi connectivity index (χ3v) is 5.16. The van der Waals surface area contributed by atoms with Crippen molar-refractivity contribution < 1.29 is 9.47 Å². The van der Waals surface area contributed by atoms with E-state index in [1.54, 1.807) is 20.4 Å². The summed E-state index contributed by atoms with van der Waals surface area (Å²) in [6.45, 7) is 2.12. The number of nitrogens with zero attached hydrogens (tertiary/aromatic N) is 2. The van der Waals surface area contributed by atoms with Crippen molar-refractivity contribution in [3.05, 3.63) is 64.6 Å². The van der Waals surface area contributed by atoms with Crippen molar-refractivity contribution in [1.29, 1.82) is 5.26 Å². The van der Waals surface area contributed by atoms with E-state index in [1.807, 2.05) is 35.7 Å². The smallest absolute Gasteiger partial charge is 0.161 e. The molecule has 0 aliphatic carbocycles. The van der Waals surface area contributed by atoms with Crippen molar-refractivity contribution in [2.75, 3.05) is 19.5 Å². The van der Waals surface area contributed by atoms with Crippen LogP contribution in [-0.4, -0.2) is 19.2 Å². The SMILES string of the molecule is CCc1ccc(NC=C(C#N)c2nc(-c3ccc(OC)c(OC)c3)cs2)cc1. The van der Waals surface area contributed by atoms with Crippen molar-refractivity contribution in [3.8, 4) is 28.8 Å². The van der Waals surface area contributed by atoms with Gasteiger partial charge >= 0.3 is 0 Å². The van der Waals surface area contributed by atoms with Crippen LogP contribution in [0.4, 0.5) is 5.69 Å². The molecule has 1 aromatic heterocycles. The quantitative estimate of drug-likeness (QED) is 0.549. The molecule has 0 aliphatic rings. The summed E-state index contributed by atoms with van der Waals surface area (Å²) in [5.74, 6) is 1.31. The molecule has 3 rings (SSSR count). The lowest BCUT2D eigenvalue weighted by atomic mass is 10.1. The van der Waals surface area contributed by atoms with Crippen LogP contribution in [0, 0.1) is 11.3 Å². The number of allylic oxidation sites excluding steroid dienone is 1. The molecule has 0 atom stereocenters. The minimum atomic E-state index is 0.483. The topological polar surface area (TPSA) is 67.2 Å². The molecule has 2 aromatic carbocycles. The molecule has 0 unspecified atom stereocenters. The van der Waals surface area contributed by atoms with Crippen molar-refractivity contribution in [1.82, 2.24) is 4.98 Å². The van der Waals surface area contributed by atoms with Crippen LogP contribution < -0.4 is 14.8 Å². The van der Waals surface area contributed by atoms with Gasteiger partial charge in [0.25, 0.3) is 0 Å². The highest BCUT2D eigenvalue weighted by Gasteiger charge is 2.11. The Morgan fingerprint density at radius 2 is 1.89 bits per heavy atom. The summed E-state index contributed by atoms with van der Waals surface area (Å²) in [5, 5.41) is 15.3. The van der Waals surface area contributed by atoms with E-state index >= 15 is 0 Å². The summed E-state index contributed by atoms with van der Waals surface area (Å²) in [6.07, 6.45) is 2.69. The minimum Gasteiger partial charge on any atom is -0.493 e. The Balaban J connectivity index is 1.81. The van der Waals surface area contributed by atoms with Crippen LogP contribution in [0.1, 0.15) is 17.5 Å². The first kappa shape index (κ1) is 19.5. The van der Waals surface area contributed by atoms with Crippen molar-refractivity contribution in [3.63, 3.8) is 0 Å². The van der Waals surface area contributed by atoms with Crippen molar-refractivity contribution >= 4 is 22.6 Å². The standard InChI is InChI=1S/C22H21N3O2S/c1-4-15-5-8-18(9-6-15)24-13-17(12-23)22-25-19(14-28-22)16-7-10-20(26-2)21(11-16)27-3/h5-11,13-14,24H,4H2,1-3H3.